The first-order valence-corrected chi connectivity index (χ1v) is 10.4. The second-order valence-electron chi connectivity index (χ2n) is 7.94. The molecule has 1 aromatic heterocycles. The van der Waals surface area contributed by atoms with Crippen molar-refractivity contribution in [1.82, 2.24) is 25.2 Å². The average Bonchev–Trinajstić information content (AvgIpc) is 3.33. The normalized spacial score (nSPS) is 19.0. The number of benzene rings is 1. The molecule has 1 aliphatic rings. The summed E-state index contributed by atoms with van der Waals surface area (Å²) in [5.41, 5.74) is -0.286. The molecule has 1 fully saturated rings. The van der Waals surface area contributed by atoms with Crippen molar-refractivity contribution in [1.29, 1.82) is 0 Å². The maximum atomic E-state index is 14.7. The lowest BCUT2D eigenvalue weighted by molar-refractivity contribution is -0.137. The number of carbonyl (C=O) groups excluding carboxylic acids is 1. The molecular formula is C21H27F2N5O3. The third-order valence-corrected chi connectivity index (χ3v) is 5.60. The summed E-state index contributed by atoms with van der Waals surface area (Å²) >= 11 is 0. The molecule has 3 rings (SSSR count). The van der Waals surface area contributed by atoms with Gasteiger partial charge in [0.1, 0.15) is 17.3 Å². The summed E-state index contributed by atoms with van der Waals surface area (Å²) in [6.45, 7) is 6.88. The molecule has 0 spiro atoms. The summed E-state index contributed by atoms with van der Waals surface area (Å²) in [5, 5.41) is 19.2. The van der Waals surface area contributed by atoms with Gasteiger partial charge < -0.3 is 15.3 Å². The number of halogens is 2. The van der Waals surface area contributed by atoms with Crippen LogP contribution in [0.25, 0.3) is 11.3 Å². The van der Waals surface area contributed by atoms with Crippen LogP contribution in [0.1, 0.15) is 43.5 Å². The number of nitrogens with one attached hydrogen (secondary N) is 1. The Morgan fingerprint density at radius 3 is 2.68 bits per heavy atom. The highest BCUT2D eigenvalue weighted by Gasteiger charge is 2.30. The van der Waals surface area contributed by atoms with Gasteiger partial charge in [0, 0.05) is 37.7 Å². The lowest BCUT2D eigenvalue weighted by Crippen LogP contribution is -2.40. The molecule has 2 atom stereocenters. The monoisotopic (exact) mass is 435 g/mol. The third-order valence-electron chi connectivity index (χ3n) is 5.60. The number of nitrogens with zero attached hydrogens (tertiary/aromatic N) is 4. The number of amides is 1. The van der Waals surface area contributed by atoms with Crippen LogP contribution in [0.3, 0.4) is 0 Å². The van der Waals surface area contributed by atoms with Crippen molar-refractivity contribution < 1.29 is 23.5 Å². The molecule has 1 saturated heterocycles. The number of hydrogen-bond donors (Lipinski definition) is 2. The number of rotatable bonds is 9. The molecule has 1 aromatic carbocycles. The first kappa shape index (κ1) is 22.8. The first-order valence-electron chi connectivity index (χ1n) is 10.4. The number of likely N-dealkylation sites (N-methyl/N-ethyl adjacent to an activating group) is 1. The van der Waals surface area contributed by atoms with E-state index >= 15 is 0 Å². The molecular weight excluding hydrogens is 408 g/mol. The van der Waals surface area contributed by atoms with E-state index < -0.39 is 23.5 Å². The van der Waals surface area contributed by atoms with E-state index in [0.717, 1.165) is 25.2 Å². The fourth-order valence-corrected chi connectivity index (χ4v) is 3.76. The van der Waals surface area contributed by atoms with E-state index in [9.17, 15) is 18.4 Å². The summed E-state index contributed by atoms with van der Waals surface area (Å²) in [5.74, 6) is -2.88. The van der Waals surface area contributed by atoms with Gasteiger partial charge in [0.2, 0.25) is 0 Å². The SMILES string of the molecule is CCN1CC(C)C(NC(=O)c2cc(F)c(-c3cn(CCCCC(=O)O)nn3)cc2F)C1. The van der Waals surface area contributed by atoms with Gasteiger partial charge in [-0.15, -0.1) is 5.10 Å². The fraction of sp³-hybridized carbons (Fsp3) is 0.524. The zero-order valence-electron chi connectivity index (χ0n) is 17.6. The standard InChI is InChI=1S/C21H27F2N5O3/c1-3-27-10-13(2)18(11-27)24-21(31)15-9-16(22)14(8-17(15)23)19-12-28(26-25-19)7-5-4-6-20(29)30/h8-9,12-13,18H,3-7,10-11H2,1-2H3,(H,24,31)(H,29,30). The molecule has 2 unspecified atom stereocenters. The van der Waals surface area contributed by atoms with Crippen molar-refractivity contribution in [3.8, 4) is 11.3 Å². The van der Waals surface area contributed by atoms with E-state index in [0.29, 0.717) is 25.9 Å². The highest BCUT2D eigenvalue weighted by Crippen LogP contribution is 2.25. The molecule has 168 valence electrons. The van der Waals surface area contributed by atoms with Crippen molar-refractivity contribution in [2.24, 2.45) is 5.92 Å². The zero-order chi connectivity index (χ0) is 22.5. The number of likely N-dealkylation sites (tertiary alicyclic amines) is 1. The minimum Gasteiger partial charge on any atom is -0.481 e. The Kier molecular flexibility index (Phi) is 7.32. The number of aromatic nitrogens is 3. The van der Waals surface area contributed by atoms with Gasteiger partial charge in [-0.1, -0.05) is 19.1 Å². The van der Waals surface area contributed by atoms with Gasteiger partial charge >= 0.3 is 5.97 Å². The van der Waals surface area contributed by atoms with E-state index in [1.807, 2.05) is 13.8 Å². The first-order chi connectivity index (χ1) is 14.8. The molecule has 0 aliphatic carbocycles. The van der Waals surface area contributed by atoms with Crippen LogP contribution in [0.4, 0.5) is 8.78 Å². The van der Waals surface area contributed by atoms with E-state index in [-0.39, 0.29) is 35.2 Å². The van der Waals surface area contributed by atoms with Crippen molar-refractivity contribution in [3.05, 3.63) is 35.5 Å². The van der Waals surface area contributed by atoms with Crippen molar-refractivity contribution in [2.75, 3.05) is 19.6 Å². The Labute approximate surface area is 179 Å². The van der Waals surface area contributed by atoms with Gasteiger partial charge in [0.15, 0.2) is 0 Å². The number of aliphatic carboxylic acids is 1. The minimum atomic E-state index is -0.869. The number of carboxylic acid groups (broad SMARTS) is 1. The molecule has 10 heteroatoms. The topological polar surface area (TPSA) is 100 Å². The lowest BCUT2D eigenvalue weighted by Gasteiger charge is -2.17. The van der Waals surface area contributed by atoms with Crippen LogP contribution in [-0.4, -0.2) is 62.6 Å². The van der Waals surface area contributed by atoms with Crippen LogP contribution in [0.15, 0.2) is 18.3 Å². The molecule has 0 radical (unpaired) electrons. The van der Waals surface area contributed by atoms with Gasteiger partial charge in [-0.3, -0.25) is 14.3 Å². The van der Waals surface area contributed by atoms with Crippen LogP contribution >= 0.6 is 0 Å². The molecule has 1 amide bonds. The van der Waals surface area contributed by atoms with Gasteiger partial charge in [-0.05, 0) is 37.4 Å². The predicted octanol–water partition coefficient (Wildman–Crippen LogP) is 2.55. The van der Waals surface area contributed by atoms with Gasteiger partial charge in [0.25, 0.3) is 5.91 Å². The smallest absolute Gasteiger partial charge is 0.303 e. The average molecular weight is 435 g/mol. The van der Waals surface area contributed by atoms with Crippen LogP contribution in [-0.2, 0) is 11.3 Å². The second kappa shape index (κ2) is 9.95. The van der Waals surface area contributed by atoms with Crippen LogP contribution < -0.4 is 5.32 Å². The number of hydrogen-bond acceptors (Lipinski definition) is 5. The van der Waals surface area contributed by atoms with Gasteiger partial charge in [-0.25, -0.2) is 8.78 Å². The Bertz CT molecular complexity index is 949. The molecule has 2 heterocycles. The summed E-state index contributed by atoms with van der Waals surface area (Å²) in [7, 11) is 0. The number of carbonyl (C=O) groups is 2. The van der Waals surface area contributed by atoms with Crippen molar-refractivity contribution >= 4 is 11.9 Å². The van der Waals surface area contributed by atoms with Crippen molar-refractivity contribution in [2.45, 2.75) is 45.7 Å². The molecule has 31 heavy (non-hydrogen) atoms. The predicted molar refractivity (Wildman–Crippen MR) is 109 cm³/mol. The highest BCUT2D eigenvalue weighted by atomic mass is 19.1. The van der Waals surface area contributed by atoms with Crippen LogP contribution in [0.5, 0.6) is 0 Å². The molecule has 0 saturated carbocycles. The lowest BCUT2D eigenvalue weighted by atomic mass is 10.0. The highest BCUT2D eigenvalue weighted by molar-refractivity contribution is 5.95. The molecule has 2 aromatic rings. The largest absolute Gasteiger partial charge is 0.481 e. The number of unbranched alkanes of at least 4 members (excludes halogenated alkanes) is 1. The minimum absolute atomic E-state index is 0.0566. The van der Waals surface area contributed by atoms with Crippen LogP contribution in [0, 0.1) is 17.6 Å². The molecule has 8 nitrogen and oxygen atoms in total. The summed E-state index contributed by atoms with van der Waals surface area (Å²) in [6, 6.07) is 1.73. The van der Waals surface area contributed by atoms with Crippen molar-refractivity contribution in [3.63, 3.8) is 0 Å². The van der Waals surface area contributed by atoms with E-state index in [4.69, 9.17) is 5.11 Å². The van der Waals surface area contributed by atoms with Gasteiger partial charge in [0.05, 0.1) is 11.8 Å². The van der Waals surface area contributed by atoms with E-state index in [1.54, 1.807) is 0 Å². The second-order valence-corrected chi connectivity index (χ2v) is 7.94. The Hall–Kier alpha value is -2.88. The quantitative estimate of drug-likeness (QED) is 0.587. The molecule has 1 aliphatic heterocycles. The fourth-order valence-electron chi connectivity index (χ4n) is 3.76. The van der Waals surface area contributed by atoms with Crippen LogP contribution in [0.2, 0.25) is 0 Å². The summed E-state index contributed by atoms with van der Waals surface area (Å²) in [4.78, 5) is 25.3. The van der Waals surface area contributed by atoms with Gasteiger partial charge in [-0.2, -0.15) is 0 Å². The Morgan fingerprint density at radius 1 is 1.23 bits per heavy atom. The summed E-state index contributed by atoms with van der Waals surface area (Å²) in [6.07, 6.45) is 2.58. The number of aryl methyl sites for hydroxylation is 1. The molecule has 2 N–H and O–H groups in total. The van der Waals surface area contributed by atoms with E-state index in [1.165, 1.54) is 10.9 Å². The Balaban J connectivity index is 1.68. The molecule has 0 bridgehead atoms. The number of carboxylic acids is 1. The third kappa shape index (κ3) is 5.63. The maximum Gasteiger partial charge on any atom is 0.303 e. The zero-order valence-corrected chi connectivity index (χ0v) is 17.6. The Morgan fingerprint density at radius 2 is 2.00 bits per heavy atom. The summed E-state index contributed by atoms with van der Waals surface area (Å²) < 4.78 is 30.8. The van der Waals surface area contributed by atoms with E-state index in [2.05, 4.69) is 20.5 Å². The maximum absolute atomic E-state index is 14.7.